The number of halogens is 1. The molecule has 0 radical (unpaired) electrons. The van der Waals surface area contributed by atoms with Crippen LogP contribution in [-0.4, -0.2) is 6.61 Å². The summed E-state index contributed by atoms with van der Waals surface area (Å²) in [5.74, 6) is 2.68. The Labute approximate surface area is 193 Å². The minimum Gasteiger partial charge on any atom is -0.490 e. The highest BCUT2D eigenvalue weighted by Gasteiger charge is 2.08. The minimum absolute atomic E-state index is 0.260. The fourth-order valence-corrected chi connectivity index (χ4v) is 3.26. The number of benzene rings is 4. The Morgan fingerprint density at radius 3 is 2.12 bits per heavy atom. The molecular formula is C28H26FNO3. The van der Waals surface area contributed by atoms with Gasteiger partial charge in [-0.1, -0.05) is 36.4 Å². The topological polar surface area (TPSA) is 39.7 Å². The zero-order valence-corrected chi connectivity index (χ0v) is 18.5. The van der Waals surface area contributed by atoms with Crippen LogP contribution in [0.3, 0.4) is 0 Å². The van der Waals surface area contributed by atoms with Gasteiger partial charge in [-0.2, -0.15) is 0 Å². The molecule has 0 aliphatic heterocycles. The number of para-hydroxylation sites is 1. The molecule has 0 heterocycles. The molecule has 168 valence electrons. The normalized spacial score (nSPS) is 10.5. The summed E-state index contributed by atoms with van der Waals surface area (Å²) in [4.78, 5) is 0. The molecule has 1 N–H and O–H groups in total. The van der Waals surface area contributed by atoms with Gasteiger partial charge in [0.2, 0.25) is 0 Å². The van der Waals surface area contributed by atoms with Crippen molar-refractivity contribution in [1.82, 2.24) is 0 Å². The number of anilines is 1. The van der Waals surface area contributed by atoms with E-state index in [1.165, 1.54) is 12.1 Å². The Hall–Kier alpha value is -3.99. The lowest BCUT2D eigenvalue weighted by molar-refractivity contribution is 0.269. The van der Waals surface area contributed by atoms with Crippen LogP contribution in [0.25, 0.3) is 0 Å². The summed E-state index contributed by atoms with van der Waals surface area (Å²) >= 11 is 0. The SMILES string of the molecule is CCOc1cc(CNc2ccc(Oc3ccccc3)cc2)ccc1OCc1ccc(F)cc1. The van der Waals surface area contributed by atoms with Gasteiger partial charge in [0.05, 0.1) is 6.61 Å². The number of ether oxygens (including phenoxy) is 3. The summed E-state index contributed by atoms with van der Waals surface area (Å²) in [5, 5.41) is 3.42. The lowest BCUT2D eigenvalue weighted by Gasteiger charge is -2.14. The first-order valence-electron chi connectivity index (χ1n) is 10.9. The summed E-state index contributed by atoms with van der Waals surface area (Å²) < 4.78 is 30.6. The first-order chi connectivity index (χ1) is 16.2. The van der Waals surface area contributed by atoms with Crippen LogP contribution in [0.5, 0.6) is 23.0 Å². The Morgan fingerprint density at radius 1 is 0.697 bits per heavy atom. The highest BCUT2D eigenvalue weighted by atomic mass is 19.1. The Bertz CT molecular complexity index is 1150. The number of hydrogen-bond donors (Lipinski definition) is 1. The van der Waals surface area contributed by atoms with Crippen molar-refractivity contribution >= 4 is 5.69 Å². The van der Waals surface area contributed by atoms with Crippen LogP contribution in [0, 0.1) is 5.82 Å². The summed E-state index contributed by atoms with van der Waals surface area (Å²) in [6.07, 6.45) is 0. The third-order valence-electron chi connectivity index (χ3n) is 4.95. The summed E-state index contributed by atoms with van der Waals surface area (Å²) in [6.45, 7) is 3.45. The van der Waals surface area contributed by atoms with Crippen molar-refractivity contribution < 1.29 is 18.6 Å². The second-order valence-electron chi connectivity index (χ2n) is 7.42. The Kier molecular flexibility index (Phi) is 7.44. The molecule has 0 fully saturated rings. The van der Waals surface area contributed by atoms with Crippen LogP contribution >= 0.6 is 0 Å². The molecule has 0 aromatic heterocycles. The van der Waals surface area contributed by atoms with Gasteiger partial charge < -0.3 is 19.5 Å². The molecule has 33 heavy (non-hydrogen) atoms. The van der Waals surface area contributed by atoms with Gasteiger partial charge >= 0.3 is 0 Å². The molecule has 0 unspecified atom stereocenters. The summed E-state index contributed by atoms with van der Waals surface area (Å²) in [6, 6.07) is 29.7. The molecule has 5 heteroatoms. The van der Waals surface area contributed by atoms with Crippen LogP contribution in [0.2, 0.25) is 0 Å². The third kappa shape index (κ3) is 6.50. The fourth-order valence-electron chi connectivity index (χ4n) is 3.26. The lowest BCUT2D eigenvalue weighted by atomic mass is 10.2. The highest BCUT2D eigenvalue weighted by molar-refractivity contribution is 5.49. The van der Waals surface area contributed by atoms with Gasteiger partial charge in [0.25, 0.3) is 0 Å². The van der Waals surface area contributed by atoms with E-state index in [0.717, 1.165) is 28.3 Å². The van der Waals surface area contributed by atoms with E-state index in [2.05, 4.69) is 5.32 Å². The van der Waals surface area contributed by atoms with Crippen LogP contribution in [0.4, 0.5) is 10.1 Å². The first-order valence-corrected chi connectivity index (χ1v) is 10.9. The molecule has 0 saturated heterocycles. The average molecular weight is 444 g/mol. The molecule has 0 spiro atoms. The minimum atomic E-state index is -0.260. The maximum Gasteiger partial charge on any atom is 0.161 e. The Balaban J connectivity index is 1.35. The van der Waals surface area contributed by atoms with Gasteiger partial charge in [0, 0.05) is 12.2 Å². The van der Waals surface area contributed by atoms with E-state index >= 15 is 0 Å². The van der Waals surface area contributed by atoms with Crippen LogP contribution in [0.15, 0.2) is 97.1 Å². The number of hydrogen-bond acceptors (Lipinski definition) is 4. The molecule has 0 amide bonds. The average Bonchev–Trinajstić information content (AvgIpc) is 2.85. The monoisotopic (exact) mass is 443 g/mol. The Morgan fingerprint density at radius 2 is 1.39 bits per heavy atom. The van der Waals surface area contributed by atoms with E-state index in [-0.39, 0.29) is 5.82 Å². The molecular weight excluding hydrogens is 417 g/mol. The fraction of sp³-hybridized carbons (Fsp3) is 0.143. The quantitative estimate of drug-likeness (QED) is 0.281. The molecule has 4 rings (SSSR count). The van der Waals surface area contributed by atoms with Gasteiger partial charge in [-0.25, -0.2) is 4.39 Å². The molecule has 4 nitrogen and oxygen atoms in total. The van der Waals surface area contributed by atoms with E-state index in [9.17, 15) is 4.39 Å². The lowest BCUT2D eigenvalue weighted by Crippen LogP contribution is -2.03. The molecule has 4 aromatic rings. The molecule has 0 atom stereocenters. The number of rotatable bonds is 10. The molecule has 0 aliphatic carbocycles. The van der Waals surface area contributed by atoms with Crippen LogP contribution in [0.1, 0.15) is 18.1 Å². The molecule has 0 saturated carbocycles. The zero-order valence-electron chi connectivity index (χ0n) is 18.5. The molecule has 0 aliphatic rings. The van der Waals surface area contributed by atoms with E-state index in [1.54, 1.807) is 12.1 Å². The highest BCUT2D eigenvalue weighted by Crippen LogP contribution is 2.30. The van der Waals surface area contributed by atoms with Crippen molar-refractivity contribution in [3.05, 3.63) is 114 Å². The van der Waals surface area contributed by atoms with Gasteiger partial charge in [-0.05, 0) is 78.7 Å². The molecule has 0 bridgehead atoms. The molecule has 4 aromatic carbocycles. The smallest absolute Gasteiger partial charge is 0.161 e. The van der Waals surface area contributed by atoms with E-state index in [1.807, 2.05) is 79.7 Å². The van der Waals surface area contributed by atoms with Gasteiger partial charge in [0.15, 0.2) is 11.5 Å². The largest absolute Gasteiger partial charge is 0.490 e. The van der Waals surface area contributed by atoms with Gasteiger partial charge in [0.1, 0.15) is 23.9 Å². The maximum absolute atomic E-state index is 13.1. The number of nitrogens with one attached hydrogen (secondary N) is 1. The van der Waals surface area contributed by atoms with Gasteiger partial charge in [-0.3, -0.25) is 0 Å². The van der Waals surface area contributed by atoms with Crippen LogP contribution in [-0.2, 0) is 13.2 Å². The van der Waals surface area contributed by atoms with Crippen molar-refractivity contribution in [2.45, 2.75) is 20.1 Å². The van der Waals surface area contributed by atoms with Crippen molar-refractivity contribution in [3.63, 3.8) is 0 Å². The van der Waals surface area contributed by atoms with E-state index < -0.39 is 0 Å². The van der Waals surface area contributed by atoms with Crippen molar-refractivity contribution in [2.75, 3.05) is 11.9 Å². The maximum atomic E-state index is 13.1. The standard InChI is InChI=1S/C28H26FNO3/c1-2-31-28-18-22(10-17-27(28)32-20-21-8-11-23(29)12-9-21)19-30-24-13-15-26(16-14-24)33-25-6-4-3-5-7-25/h3-18,30H,2,19-20H2,1H3. The predicted molar refractivity (Wildman–Crippen MR) is 129 cm³/mol. The van der Waals surface area contributed by atoms with E-state index in [0.29, 0.717) is 31.3 Å². The van der Waals surface area contributed by atoms with Crippen molar-refractivity contribution in [2.24, 2.45) is 0 Å². The third-order valence-corrected chi connectivity index (χ3v) is 4.95. The van der Waals surface area contributed by atoms with Crippen LogP contribution < -0.4 is 19.5 Å². The van der Waals surface area contributed by atoms with E-state index in [4.69, 9.17) is 14.2 Å². The second kappa shape index (κ2) is 11.0. The first kappa shape index (κ1) is 22.2. The van der Waals surface area contributed by atoms with Gasteiger partial charge in [-0.15, -0.1) is 0 Å². The second-order valence-corrected chi connectivity index (χ2v) is 7.42. The summed E-state index contributed by atoms with van der Waals surface area (Å²) in [7, 11) is 0. The summed E-state index contributed by atoms with van der Waals surface area (Å²) in [5.41, 5.74) is 2.95. The van der Waals surface area contributed by atoms with Crippen molar-refractivity contribution in [1.29, 1.82) is 0 Å². The predicted octanol–water partition coefficient (Wildman–Crippen LogP) is 7.21. The zero-order chi connectivity index (χ0) is 22.9. The van der Waals surface area contributed by atoms with Crippen molar-refractivity contribution in [3.8, 4) is 23.0 Å².